The van der Waals surface area contributed by atoms with E-state index in [0.29, 0.717) is 22.6 Å². The topological polar surface area (TPSA) is 43.6 Å². The van der Waals surface area contributed by atoms with Crippen LogP contribution < -0.4 is 0 Å². The summed E-state index contributed by atoms with van der Waals surface area (Å²) < 4.78 is 35.4. The molecule has 0 spiro atoms. The van der Waals surface area contributed by atoms with Crippen LogP contribution in [0.4, 0.5) is 8.78 Å². The van der Waals surface area contributed by atoms with E-state index in [1.165, 1.54) is 12.1 Å². The van der Waals surface area contributed by atoms with Crippen molar-refractivity contribution in [2.45, 2.75) is 0 Å². The first kappa shape index (κ1) is 31.9. The van der Waals surface area contributed by atoms with E-state index in [1.54, 1.807) is 12.4 Å². The second-order valence-corrected chi connectivity index (χ2v) is 12.8. The van der Waals surface area contributed by atoms with Crippen LogP contribution in [0.1, 0.15) is 0 Å². The summed E-state index contributed by atoms with van der Waals surface area (Å²) in [4.78, 5) is 13.8. The Morgan fingerprint density at radius 3 is 1.58 bits per heavy atom. The Morgan fingerprint density at radius 2 is 0.962 bits per heavy atom. The predicted octanol–water partition coefficient (Wildman–Crippen LogP) is 12.1. The van der Waals surface area contributed by atoms with Gasteiger partial charge in [-0.05, 0) is 82.4 Å². The first-order chi connectivity index (χ1) is 26.1. The third-order valence-electron chi connectivity index (χ3n) is 9.50. The Morgan fingerprint density at radius 1 is 0.415 bits per heavy atom. The molecule has 4 nitrogen and oxygen atoms in total. The Balaban J connectivity index is 1.19. The summed E-state index contributed by atoms with van der Waals surface area (Å²) >= 11 is 0. The molecule has 0 unspecified atom stereocenters. The van der Waals surface area contributed by atoms with E-state index in [1.807, 2.05) is 162 Å². The van der Waals surface area contributed by atoms with Crippen molar-refractivity contribution in [3.63, 3.8) is 0 Å². The number of nitrogens with zero attached hydrogens (tertiary/aromatic N) is 4. The van der Waals surface area contributed by atoms with Gasteiger partial charge in [0.25, 0.3) is 0 Å². The van der Waals surface area contributed by atoms with Crippen molar-refractivity contribution in [2.24, 2.45) is 0 Å². The van der Waals surface area contributed by atoms with Crippen LogP contribution in [0, 0.1) is 11.6 Å². The summed E-state index contributed by atoms with van der Waals surface area (Å²) in [7, 11) is 0. The summed E-state index contributed by atoms with van der Waals surface area (Å²) in [5, 5.41) is 0. The molecule has 0 atom stereocenters. The van der Waals surface area contributed by atoms with Crippen LogP contribution in [0.5, 0.6) is 0 Å². The largest absolute Gasteiger partial charge is 0.292 e. The van der Waals surface area contributed by atoms with Crippen molar-refractivity contribution >= 4 is 11.0 Å². The molecule has 3 heterocycles. The van der Waals surface area contributed by atoms with E-state index in [-0.39, 0.29) is 5.56 Å². The standard InChI is InChI=1S/C47H30F2N4/c48-40-29-37(53-45-15-5-4-14-44(45)52-47(53)35-10-2-1-3-11-35)30-41(49)46(40)39-28-36(31-16-20-33(21-17-31)42-12-6-8-26-50-42)24-25-38(39)32-18-22-34(23-19-32)43-13-7-9-27-51-43/h1-30H. The van der Waals surface area contributed by atoms with Crippen molar-refractivity contribution in [1.29, 1.82) is 0 Å². The maximum Gasteiger partial charge on any atom is 0.145 e. The third-order valence-corrected chi connectivity index (χ3v) is 9.50. The minimum atomic E-state index is -0.675. The average Bonchev–Trinajstić information content (AvgIpc) is 3.62. The van der Waals surface area contributed by atoms with Gasteiger partial charge in [-0.1, -0.05) is 115 Å². The number of para-hydroxylation sites is 2. The van der Waals surface area contributed by atoms with Gasteiger partial charge in [0.2, 0.25) is 0 Å². The molecule has 0 amide bonds. The number of pyridine rings is 2. The van der Waals surface area contributed by atoms with Gasteiger partial charge in [-0.25, -0.2) is 13.8 Å². The van der Waals surface area contributed by atoms with Crippen LogP contribution in [0.3, 0.4) is 0 Å². The van der Waals surface area contributed by atoms with Crippen LogP contribution in [-0.4, -0.2) is 19.5 Å². The van der Waals surface area contributed by atoms with Crippen LogP contribution in [0.15, 0.2) is 182 Å². The van der Waals surface area contributed by atoms with Crippen molar-refractivity contribution < 1.29 is 8.78 Å². The fraction of sp³-hybridized carbons (Fsp3) is 0. The van der Waals surface area contributed by atoms with E-state index in [2.05, 4.69) is 9.97 Å². The van der Waals surface area contributed by atoms with Crippen molar-refractivity contribution in [3.05, 3.63) is 194 Å². The average molecular weight is 689 g/mol. The lowest BCUT2D eigenvalue weighted by Gasteiger charge is -2.17. The summed E-state index contributed by atoms with van der Waals surface area (Å²) in [5.41, 5.74) is 9.93. The smallest absolute Gasteiger partial charge is 0.145 e. The number of benzene rings is 6. The number of fused-ring (bicyclic) bond motifs is 1. The summed E-state index contributed by atoms with van der Waals surface area (Å²) in [5.74, 6) is -0.750. The molecule has 53 heavy (non-hydrogen) atoms. The van der Waals surface area contributed by atoms with Gasteiger partial charge in [0.1, 0.15) is 17.5 Å². The Hall–Kier alpha value is -7.05. The molecule has 6 heteroatoms. The Labute approximate surface area is 305 Å². The van der Waals surface area contributed by atoms with Crippen LogP contribution in [0.25, 0.3) is 84.0 Å². The molecule has 3 aromatic heterocycles. The van der Waals surface area contributed by atoms with E-state index >= 15 is 8.78 Å². The fourth-order valence-corrected chi connectivity index (χ4v) is 6.92. The molecule has 252 valence electrons. The number of rotatable bonds is 7. The third kappa shape index (κ3) is 6.06. The minimum absolute atomic E-state index is 0.102. The van der Waals surface area contributed by atoms with Crippen LogP contribution in [0.2, 0.25) is 0 Å². The Bertz CT molecular complexity index is 2690. The van der Waals surface area contributed by atoms with E-state index in [9.17, 15) is 0 Å². The lowest BCUT2D eigenvalue weighted by atomic mass is 9.89. The molecule has 0 radical (unpaired) electrons. The van der Waals surface area contributed by atoms with Crippen molar-refractivity contribution in [2.75, 3.05) is 0 Å². The first-order valence-electron chi connectivity index (χ1n) is 17.3. The van der Waals surface area contributed by atoms with E-state index < -0.39 is 11.6 Å². The molecule has 0 aliphatic rings. The zero-order valence-electron chi connectivity index (χ0n) is 28.4. The summed E-state index contributed by atoms with van der Waals surface area (Å²) in [6.45, 7) is 0. The Kier molecular flexibility index (Phi) is 8.18. The zero-order chi connectivity index (χ0) is 35.7. The van der Waals surface area contributed by atoms with Gasteiger partial charge >= 0.3 is 0 Å². The molecular formula is C47H30F2N4. The predicted molar refractivity (Wildman–Crippen MR) is 209 cm³/mol. The fourth-order valence-electron chi connectivity index (χ4n) is 6.92. The molecule has 0 bridgehead atoms. The van der Waals surface area contributed by atoms with Gasteiger partial charge in [0.15, 0.2) is 0 Å². The molecule has 0 aliphatic carbocycles. The van der Waals surface area contributed by atoms with Crippen molar-refractivity contribution in [3.8, 4) is 73.0 Å². The summed E-state index contributed by atoms with van der Waals surface area (Å²) in [6.07, 6.45) is 3.52. The lowest BCUT2D eigenvalue weighted by Crippen LogP contribution is -2.02. The molecule has 9 rings (SSSR count). The van der Waals surface area contributed by atoms with Crippen LogP contribution >= 0.6 is 0 Å². The second kappa shape index (κ2) is 13.6. The molecule has 6 aromatic carbocycles. The molecule has 0 N–H and O–H groups in total. The minimum Gasteiger partial charge on any atom is -0.292 e. The first-order valence-corrected chi connectivity index (χ1v) is 17.3. The van der Waals surface area contributed by atoms with Crippen LogP contribution in [-0.2, 0) is 0 Å². The normalized spacial score (nSPS) is 11.2. The zero-order valence-corrected chi connectivity index (χ0v) is 28.4. The van der Waals surface area contributed by atoms with Gasteiger partial charge in [0, 0.05) is 29.1 Å². The van der Waals surface area contributed by atoms with Gasteiger partial charge in [-0.15, -0.1) is 0 Å². The number of hydrogen-bond acceptors (Lipinski definition) is 3. The SMILES string of the molecule is Fc1cc(-n2c(-c3ccccc3)nc3ccccc32)cc(F)c1-c1cc(-c2ccc(-c3ccccn3)cc2)ccc1-c1ccc(-c2ccccn2)cc1. The van der Waals surface area contributed by atoms with Gasteiger partial charge in [-0.3, -0.25) is 14.5 Å². The molecule has 9 aromatic rings. The molecular weight excluding hydrogens is 659 g/mol. The number of aromatic nitrogens is 4. The maximum atomic E-state index is 16.8. The van der Waals surface area contributed by atoms with Gasteiger partial charge in [-0.2, -0.15) is 0 Å². The highest BCUT2D eigenvalue weighted by Crippen LogP contribution is 2.40. The van der Waals surface area contributed by atoms with E-state index in [4.69, 9.17) is 4.98 Å². The van der Waals surface area contributed by atoms with Gasteiger partial charge < -0.3 is 0 Å². The van der Waals surface area contributed by atoms with Gasteiger partial charge in [0.05, 0.1) is 33.7 Å². The number of halogens is 2. The number of hydrogen-bond donors (Lipinski definition) is 0. The quantitative estimate of drug-likeness (QED) is 0.167. The van der Waals surface area contributed by atoms with E-state index in [0.717, 1.165) is 55.8 Å². The molecule has 0 fully saturated rings. The van der Waals surface area contributed by atoms with Crippen molar-refractivity contribution in [1.82, 2.24) is 19.5 Å². The highest BCUT2D eigenvalue weighted by molar-refractivity contribution is 5.89. The maximum absolute atomic E-state index is 16.8. The highest BCUT2D eigenvalue weighted by atomic mass is 19.1. The molecule has 0 saturated carbocycles. The lowest BCUT2D eigenvalue weighted by molar-refractivity contribution is 0.588. The highest BCUT2D eigenvalue weighted by Gasteiger charge is 2.22. The second-order valence-electron chi connectivity index (χ2n) is 12.8. The monoisotopic (exact) mass is 688 g/mol. The number of imidazole rings is 1. The molecule has 0 aliphatic heterocycles. The molecule has 0 saturated heterocycles. The summed E-state index contributed by atoms with van der Waals surface area (Å²) in [6, 6.07) is 53.4.